The SMILES string of the molecule is O=C(O)c1cc(S(=O)(=O)NC2CCCCC2)ccc1I. The summed E-state index contributed by atoms with van der Waals surface area (Å²) in [7, 11) is -3.65. The van der Waals surface area contributed by atoms with Crippen LogP contribution < -0.4 is 4.72 Å². The van der Waals surface area contributed by atoms with Crippen LogP contribution in [0.15, 0.2) is 23.1 Å². The van der Waals surface area contributed by atoms with Gasteiger partial charge in [-0.1, -0.05) is 19.3 Å². The molecule has 20 heavy (non-hydrogen) atoms. The Balaban J connectivity index is 2.24. The minimum Gasteiger partial charge on any atom is -0.478 e. The summed E-state index contributed by atoms with van der Waals surface area (Å²) in [6, 6.07) is 4.13. The first-order valence-corrected chi connectivity index (χ1v) is 9.01. The van der Waals surface area contributed by atoms with E-state index in [1.165, 1.54) is 18.2 Å². The molecule has 1 saturated carbocycles. The van der Waals surface area contributed by atoms with Crippen molar-refractivity contribution in [2.24, 2.45) is 0 Å². The van der Waals surface area contributed by atoms with Crippen molar-refractivity contribution >= 4 is 38.6 Å². The molecule has 0 atom stereocenters. The highest BCUT2D eigenvalue weighted by atomic mass is 127. The number of rotatable bonds is 4. The van der Waals surface area contributed by atoms with Crippen LogP contribution in [0, 0.1) is 3.57 Å². The quantitative estimate of drug-likeness (QED) is 0.749. The van der Waals surface area contributed by atoms with Gasteiger partial charge in [0.05, 0.1) is 10.5 Å². The Morgan fingerprint density at radius 3 is 2.50 bits per heavy atom. The number of carboxylic acid groups (broad SMARTS) is 1. The van der Waals surface area contributed by atoms with Crippen LogP contribution in [-0.2, 0) is 10.0 Å². The van der Waals surface area contributed by atoms with Crippen LogP contribution in [0.3, 0.4) is 0 Å². The summed E-state index contributed by atoms with van der Waals surface area (Å²) in [6.45, 7) is 0. The second-order valence-electron chi connectivity index (χ2n) is 4.90. The monoisotopic (exact) mass is 409 g/mol. The molecular formula is C13H16INO4S. The lowest BCUT2D eigenvalue weighted by Gasteiger charge is -2.22. The zero-order valence-corrected chi connectivity index (χ0v) is 13.8. The molecule has 0 radical (unpaired) electrons. The van der Waals surface area contributed by atoms with Gasteiger partial charge in [0.1, 0.15) is 0 Å². The fourth-order valence-electron chi connectivity index (χ4n) is 2.34. The molecule has 1 fully saturated rings. The second kappa shape index (κ2) is 6.40. The number of halogens is 1. The first kappa shape index (κ1) is 15.7. The lowest BCUT2D eigenvalue weighted by molar-refractivity contribution is 0.0695. The number of aromatic carboxylic acids is 1. The van der Waals surface area contributed by atoms with Crippen LogP contribution in [-0.4, -0.2) is 25.5 Å². The maximum Gasteiger partial charge on any atom is 0.336 e. The molecule has 0 amide bonds. The van der Waals surface area contributed by atoms with Crippen LogP contribution in [0.2, 0.25) is 0 Å². The van der Waals surface area contributed by atoms with Gasteiger partial charge in [0.25, 0.3) is 0 Å². The lowest BCUT2D eigenvalue weighted by Crippen LogP contribution is -2.36. The number of carbonyl (C=O) groups is 1. The number of hydrogen-bond acceptors (Lipinski definition) is 3. The van der Waals surface area contributed by atoms with Gasteiger partial charge in [-0.05, 0) is 53.6 Å². The molecule has 0 unspecified atom stereocenters. The molecule has 2 rings (SSSR count). The van der Waals surface area contributed by atoms with E-state index in [0.717, 1.165) is 32.1 Å². The molecule has 0 bridgehead atoms. The van der Waals surface area contributed by atoms with Gasteiger partial charge in [0.15, 0.2) is 0 Å². The fraction of sp³-hybridized carbons (Fsp3) is 0.462. The zero-order chi connectivity index (χ0) is 14.8. The van der Waals surface area contributed by atoms with Crippen molar-refractivity contribution in [3.63, 3.8) is 0 Å². The van der Waals surface area contributed by atoms with Gasteiger partial charge < -0.3 is 5.11 Å². The number of benzene rings is 1. The van der Waals surface area contributed by atoms with Crippen molar-refractivity contribution in [1.82, 2.24) is 4.72 Å². The Labute approximate surface area is 132 Å². The van der Waals surface area contributed by atoms with E-state index in [2.05, 4.69) is 4.72 Å². The third kappa shape index (κ3) is 3.70. The molecule has 1 aromatic carbocycles. The molecule has 0 aromatic heterocycles. The molecule has 0 heterocycles. The zero-order valence-electron chi connectivity index (χ0n) is 10.8. The van der Waals surface area contributed by atoms with Gasteiger partial charge in [-0.2, -0.15) is 0 Å². The Hall–Kier alpha value is -0.670. The van der Waals surface area contributed by atoms with Crippen molar-refractivity contribution in [3.05, 3.63) is 27.3 Å². The molecule has 5 nitrogen and oxygen atoms in total. The van der Waals surface area contributed by atoms with E-state index in [9.17, 15) is 13.2 Å². The molecule has 1 aliphatic carbocycles. The Morgan fingerprint density at radius 1 is 1.25 bits per heavy atom. The van der Waals surface area contributed by atoms with Crippen molar-refractivity contribution in [3.8, 4) is 0 Å². The molecule has 2 N–H and O–H groups in total. The van der Waals surface area contributed by atoms with E-state index in [4.69, 9.17) is 5.11 Å². The van der Waals surface area contributed by atoms with Crippen LogP contribution in [0.4, 0.5) is 0 Å². The number of hydrogen-bond donors (Lipinski definition) is 2. The summed E-state index contributed by atoms with van der Waals surface area (Å²) in [5.74, 6) is -1.12. The van der Waals surface area contributed by atoms with Gasteiger partial charge in [-0.25, -0.2) is 17.9 Å². The van der Waals surface area contributed by atoms with Crippen LogP contribution in [0.25, 0.3) is 0 Å². The molecular weight excluding hydrogens is 393 g/mol. The molecule has 1 aromatic rings. The third-order valence-electron chi connectivity index (χ3n) is 3.41. The Bertz CT molecular complexity index is 609. The summed E-state index contributed by atoms with van der Waals surface area (Å²) >= 11 is 1.88. The van der Waals surface area contributed by atoms with Crippen LogP contribution in [0.5, 0.6) is 0 Å². The smallest absolute Gasteiger partial charge is 0.336 e. The van der Waals surface area contributed by atoms with Gasteiger partial charge in [0, 0.05) is 9.61 Å². The predicted molar refractivity (Wildman–Crippen MR) is 83.3 cm³/mol. The number of sulfonamides is 1. The minimum absolute atomic E-state index is 0.0112. The van der Waals surface area contributed by atoms with E-state index in [-0.39, 0.29) is 16.5 Å². The molecule has 7 heteroatoms. The van der Waals surface area contributed by atoms with Crippen LogP contribution in [0.1, 0.15) is 42.5 Å². The van der Waals surface area contributed by atoms with E-state index in [1.54, 1.807) is 0 Å². The van der Waals surface area contributed by atoms with E-state index < -0.39 is 16.0 Å². The van der Waals surface area contributed by atoms with Gasteiger partial charge in [-0.3, -0.25) is 0 Å². The topological polar surface area (TPSA) is 83.5 Å². The lowest BCUT2D eigenvalue weighted by atomic mass is 9.96. The average molecular weight is 409 g/mol. The standard InChI is InChI=1S/C13H16INO4S/c14-12-7-6-10(8-11(12)13(16)17)20(18,19)15-9-4-2-1-3-5-9/h6-9,15H,1-5H2,(H,16,17). The summed E-state index contributed by atoms with van der Waals surface area (Å²) in [4.78, 5) is 11.1. The highest BCUT2D eigenvalue weighted by Gasteiger charge is 2.23. The highest BCUT2D eigenvalue weighted by molar-refractivity contribution is 14.1. The van der Waals surface area contributed by atoms with Crippen LogP contribution >= 0.6 is 22.6 Å². The minimum atomic E-state index is -3.65. The van der Waals surface area contributed by atoms with Crippen molar-refractivity contribution in [2.75, 3.05) is 0 Å². The van der Waals surface area contributed by atoms with E-state index >= 15 is 0 Å². The largest absolute Gasteiger partial charge is 0.478 e. The van der Waals surface area contributed by atoms with Gasteiger partial charge in [-0.15, -0.1) is 0 Å². The maximum atomic E-state index is 12.3. The number of carboxylic acids is 1. The van der Waals surface area contributed by atoms with Gasteiger partial charge >= 0.3 is 5.97 Å². The first-order valence-electron chi connectivity index (χ1n) is 6.45. The highest BCUT2D eigenvalue weighted by Crippen LogP contribution is 2.22. The molecule has 1 aliphatic rings. The normalized spacial score (nSPS) is 17.1. The maximum absolute atomic E-state index is 12.3. The van der Waals surface area contributed by atoms with Gasteiger partial charge in [0.2, 0.25) is 10.0 Å². The van der Waals surface area contributed by atoms with Crippen molar-refractivity contribution in [2.45, 2.75) is 43.0 Å². The number of nitrogens with one attached hydrogen (secondary N) is 1. The van der Waals surface area contributed by atoms with E-state index in [0.29, 0.717) is 3.57 Å². The summed E-state index contributed by atoms with van der Waals surface area (Å²) < 4.78 is 27.8. The Kier molecular flexibility index (Phi) is 5.03. The third-order valence-corrected chi connectivity index (χ3v) is 5.86. The molecule has 0 spiro atoms. The van der Waals surface area contributed by atoms with Crippen molar-refractivity contribution < 1.29 is 18.3 Å². The fourth-order valence-corrected chi connectivity index (χ4v) is 4.24. The first-order chi connectivity index (χ1) is 9.40. The van der Waals surface area contributed by atoms with Crippen molar-refractivity contribution in [1.29, 1.82) is 0 Å². The predicted octanol–water partition coefficient (Wildman–Crippen LogP) is 2.60. The van der Waals surface area contributed by atoms with E-state index in [1.807, 2.05) is 22.6 Å². The summed E-state index contributed by atoms with van der Waals surface area (Å²) in [5, 5.41) is 9.06. The molecule has 0 aliphatic heterocycles. The molecule has 0 saturated heterocycles. The summed E-state index contributed by atoms with van der Waals surface area (Å²) in [6.07, 6.45) is 4.89. The summed E-state index contributed by atoms with van der Waals surface area (Å²) in [5.41, 5.74) is 0.0112. The second-order valence-corrected chi connectivity index (χ2v) is 7.78. The average Bonchev–Trinajstić information content (AvgIpc) is 2.39. The Morgan fingerprint density at radius 2 is 1.90 bits per heavy atom. The molecule has 110 valence electrons.